The van der Waals surface area contributed by atoms with Crippen LogP contribution in [0.1, 0.15) is 43.4 Å². The van der Waals surface area contributed by atoms with Crippen molar-refractivity contribution in [3.8, 4) is 5.75 Å². The summed E-state index contributed by atoms with van der Waals surface area (Å²) in [5.41, 5.74) is 2.21. The van der Waals surface area contributed by atoms with Crippen LogP contribution in [0.2, 0.25) is 0 Å². The van der Waals surface area contributed by atoms with Crippen LogP contribution in [0.25, 0.3) is 0 Å². The fourth-order valence-electron chi connectivity index (χ4n) is 2.41. The van der Waals surface area contributed by atoms with Crippen molar-refractivity contribution >= 4 is 11.8 Å². The topological polar surface area (TPSA) is 32.3 Å². The molecule has 1 fully saturated rings. The zero-order chi connectivity index (χ0) is 13.0. The summed E-state index contributed by atoms with van der Waals surface area (Å²) in [4.78, 5) is 0. The number of phenols is 1. The molecule has 0 saturated carbocycles. The summed E-state index contributed by atoms with van der Waals surface area (Å²) < 4.78 is 0. The third-order valence-electron chi connectivity index (χ3n) is 3.58. The minimum atomic E-state index is 0.215. The average molecular weight is 265 g/mol. The van der Waals surface area contributed by atoms with Crippen LogP contribution in [0.3, 0.4) is 0 Å². The number of benzene rings is 1. The summed E-state index contributed by atoms with van der Waals surface area (Å²) in [6.45, 7) is 5.23. The molecular weight excluding hydrogens is 242 g/mol. The Bertz CT molecular complexity index is 388. The summed E-state index contributed by atoms with van der Waals surface area (Å²) in [5.74, 6) is 1.70. The van der Waals surface area contributed by atoms with Crippen molar-refractivity contribution in [2.75, 3.05) is 12.3 Å². The maximum Gasteiger partial charge on any atom is 0.120 e. The first kappa shape index (κ1) is 13.8. The molecule has 0 bridgehead atoms. The van der Waals surface area contributed by atoms with Gasteiger partial charge in [0.15, 0.2) is 0 Å². The van der Waals surface area contributed by atoms with E-state index in [-0.39, 0.29) is 6.04 Å². The molecule has 3 heteroatoms. The summed E-state index contributed by atoms with van der Waals surface area (Å²) in [6.07, 6.45) is 4.06. The lowest BCUT2D eigenvalue weighted by Crippen LogP contribution is -2.29. The number of hydrogen-bond acceptors (Lipinski definition) is 3. The van der Waals surface area contributed by atoms with Gasteiger partial charge in [-0.1, -0.05) is 24.1 Å². The molecule has 18 heavy (non-hydrogen) atoms. The SMILES string of the molecule is Cc1ccc(O)c(C(C)NCC2CCCCS2)c1. The normalized spacial score (nSPS) is 21.8. The molecule has 0 aliphatic carbocycles. The van der Waals surface area contributed by atoms with Crippen LogP contribution in [0.15, 0.2) is 18.2 Å². The molecule has 1 aromatic carbocycles. The van der Waals surface area contributed by atoms with E-state index in [4.69, 9.17) is 0 Å². The fourth-order valence-corrected chi connectivity index (χ4v) is 3.66. The van der Waals surface area contributed by atoms with E-state index in [0.717, 1.165) is 17.4 Å². The minimum absolute atomic E-state index is 0.215. The van der Waals surface area contributed by atoms with Crippen LogP contribution < -0.4 is 5.32 Å². The van der Waals surface area contributed by atoms with E-state index in [1.807, 2.05) is 6.07 Å². The summed E-state index contributed by atoms with van der Waals surface area (Å²) in [7, 11) is 0. The molecule has 2 N–H and O–H groups in total. The monoisotopic (exact) mass is 265 g/mol. The van der Waals surface area contributed by atoms with E-state index < -0.39 is 0 Å². The highest BCUT2D eigenvalue weighted by molar-refractivity contribution is 7.99. The number of aromatic hydroxyl groups is 1. The molecule has 2 nitrogen and oxygen atoms in total. The average Bonchev–Trinajstić information content (AvgIpc) is 2.40. The largest absolute Gasteiger partial charge is 0.508 e. The maximum atomic E-state index is 9.90. The van der Waals surface area contributed by atoms with E-state index in [1.165, 1.54) is 30.6 Å². The number of nitrogens with one attached hydrogen (secondary N) is 1. The Hall–Kier alpha value is -0.670. The van der Waals surface area contributed by atoms with Gasteiger partial charge < -0.3 is 10.4 Å². The Balaban J connectivity index is 1.90. The van der Waals surface area contributed by atoms with Crippen molar-refractivity contribution in [1.29, 1.82) is 0 Å². The molecule has 2 atom stereocenters. The van der Waals surface area contributed by atoms with E-state index in [1.54, 1.807) is 6.07 Å². The molecule has 2 rings (SSSR count). The Labute approximate surface area is 114 Å². The molecule has 0 radical (unpaired) electrons. The van der Waals surface area contributed by atoms with Gasteiger partial charge in [0, 0.05) is 23.4 Å². The van der Waals surface area contributed by atoms with Gasteiger partial charge in [0.2, 0.25) is 0 Å². The number of hydrogen-bond donors (Lipinski definition) is 2. The first-order valence-electron chi connectivity index (χ1n) is 6.81. The fraction of sp³-hybridized carbons (Fsp3) is 0.600. The zero-order valence-electron chi connectivity index (χ0n) is 11.3. The molecular formula is C15H23NOS. The number of aryl methyl sites for hydroxylation is 1. The lowest BCUT2D eigenvalue weighted by molar-refractivity contribution is 0.450. The lowest BCUT2D eigenvalue weighted by Gasteiger charge is -2.24. The number of phenolic OH excluding ortho intramolecular Hbond substituents is 1. The maximum absolute atomic E-state index is 9.90. The van der Waals surface area contributed by atoms with E-state index in [0.29, 0.717) is 5.75 Å². The summed E-state index contributed by atoms with van der Waals surface area (Å²) in [5, 5.41) is 14.2. The van der Waals surface area contributed by atoms with Gasteiger partial charge in [-0.3, -0.25) is 0 Å². The standard InChI is InChI=1S/C15H23NOS/c1-11-6-7-15(17)14(9-11)12(2)16-10-13-5-3-4-8-18-13/h6-7,9,12-13,16-17H,3-5,8,10H2,1-2H3. The Morgan fingerprint density at radius 2 is 2.28 bits per heavy atom. The predicted octanol–water partition coefficient (Wildman–Crippen LogP) is 3.64. The second-order valence-electron chi connectivity index (χ2n) is 5.18. The van der Waals surface area contributed by atoms with Crippen molar-refractivity contribution < 1.29 is 5.11 Å². The van der Waals surface area contributed by atoms with Crippen molar-refractivity contribution in [3.05, 3.63) is 29.3 Å². The Kier molecular flexibility index (Phi) is 4.95. The second-order valence-corrected chi connectivity index (χ2v) is 6.59. The highest BCUT2D eigenvalue weighted by Gasteiger charge is 2.16. The third-order valence-corrected chi connectivity index (χ3v) is 4.97. The van der Waals surface area contributed by atoms with E-state index >= 15 is 0 Å². The second kappa shape index (κ2) is 6.48. The van der Waals surface area contributed by atoms with Crippen molar-refractivity contribution in [2.24, 2.45) is 0 Å². The highest BCUT2D eigenvalue weighted by Crippen LogP contribution is 2.27. The molecule has 0 aromatic heterocycles. The lowest BCUT2D eigenvalue weighted by atomic mass is 10.0. The molecule has 1 aromatic rings. The van der Waals surface area contributed by atoms with Crippen LogP contribution in [0, 0.1) is 6.92 Å². The van der Waals surface area contributed by atoms with Crippen molar-refractivity contribution in [2.45, 2.75) is 44.4 Å². The van der Waals surface area contributed by atoms with Crippen molar-refractivity contribution in [3.63, 3.8) is 0 Å². The summed E-state index contributed by atoms with van der Waals surface area (Å²) in [6, 6.07) is 6.02. The smallest absolute Gasteiger partial charge is 0.120 e. The molecule has 1 saturated heterocycles. The number of rotatable bonds is 4. The minimum Gasteiger partial charge on any atom is -0.508 e. The van der Waals surface area contributed by atoms with Gasteiger partial charge in [0.25, 0.3) is 0 Å². The van der Waals surface area contributed by atoms with Crippen molar-refractivity contribution in [1.82, 2.24) is 5.32 Å². The van der Waals surface area contributed by atoms with Crippen LogP contribution >= 0.6 is 11.8 Å². The first-order valence-corrected chi connectivity index (χ1v) is 7.86. The molecule has 1 aliphatic rings. The van der Waals surface area contributed by atoms with Gasteiger partial charge in [-0.05, 0) is 38.5 Å². The zero-order valence-corrected chi connectivity index (χ0v) is 12.1. The van der Waals surface area contributed by atoms with E-state index in [9.17, 15) is 5.11 Å². The Morgan fingerprint density at radius 1 is 1.44 bits per heavy atom. The molecule has 2 unspecified atom stereocenters. The molecule has 0 spiro atoms. The van der Waals surface area contributed by atoms with Gasteiger partial charge in [-0.2, -0.15) is 11.8 Å². The quantitative estimate of drug-likeness (QED) is 0.872. The van der Waals surface area contributed by atoms with Gasteiger partial charge in [-0.15, -0.1) is 0 Å². The molecule has 1 aliphatic heterocycles. The van der Waals surface area contributed by atoms with Gasteiger partial charge in [0.1, 0.15) is 5.75 Å². The molecule has 100 valence electrons. The molecule has 1 heterocycles. The van der Waals surface area contributed by atoms with E-state index in [2.05, 4.69) is 37.0 Å². The highest BCUT2D eigenvalue weighted by atomic mass is 32.2. The van der Waals surface area contributed by atoms with Crippen LogP contribution in [0.4, 0.5) is 0 Å². The Morgan fingerprint density at radius 3 is 3.00 bits per heavy atom. The van der Waals surface area contributed by atoms with Gasteiger partial charge >= 0.3 is 0 Å². The summed E-state index contributed by atoms with van der Waals surface area (Å²) >= 11 is 2.08. The van der Waals surface area contributed by atoms with Crippen LogP contribution in [-0.2, 0) is 0 Å². The first-order chi connectivity index (χ1) is 8.66. The third kappa shape index (κ3) is 3.66. The predicted molar refractivity (Wildman–Crippen MR) is 79.4 cm³/mol. The molecule has 0 amide bonds. The van der Waals surface area contributed by atoms with Gasteiger partial charge in [-0.25, -0.2) is 0 Å². The van der Waals surface area contributed by atoms with Gasteiger partial charge in [0.05, 0.1) is 0 Å². The van der Waals surface area contributed by atoms with Crippen LogP contribution in [-0.4, -0.2) is 22.7 Å². The number of thioether (sulfide) groups is 1. The van der Waals surface area contributed by atoms with Crippen LogP contribution in [0.5, 0.6) is 5.75 Å².